The van der Waals surface area contributed by atoms with Crippen molar-refractivity contribution in [3.05, 3.63) is 58.8 Å². The summed E-state index contributed by atoms with van der Waals surface area (Å²) in [7, 11) is -4.38. The highest BCUT2D eigenvalue weighted by molar-refractivity contribution is 7.89. The van der Waals surface area contributed by atoms with E-state index in [-0.39, 0.29) is 44.3 Å². The summed E-state index contributed by atoms with van der Waals surface area (Å²) in [5, 5.41) is 0. The van der Waals surface area contributed by atoms with Crippen LogP contribution in [0.15, 0.2) is 35.2 Å². The summed E-state index contributed by atoms with van der Waals surface area (Å²) in [5.41, 5.74) is 3.19. The number of nitrogens with zero attached hydrogens (tertiary/aromatic N) is 4. The number of ether oxygens (including phenoxy) is 1. The Bertz CT molecular complexity index is 1350. The normalized spacial score (nSPS) is 15.0. The van der Waals surface area contributed by atoms with Crippen molar-refractivity contribution >= 4 is 32.8 Å². The number of carbonyl (C=O) groups is 1. The molecule has 34 heavy (non-hydrogen) atoms. The third-order valence-corrected chi connectivity index (χ3v) is 7.74. The lowest BCUT2D eigenvalue weighted by Crippen LogP contribution is -2.49. The van der Waals surface area contributed by atoms with E-state index in [0.717, 1.165) is 33.6 Å². The first-order chi connectivity index (χ1) is 16.1. The number of esters is 1. The van der Waals surface area contributed by atoms with Gasteiger partial charge in [0, 0.05) is 26.2 Å². The Hall–Kier alpha value is -3.18. The first kappa shape index (κ1) is 24.0. The van der Waals surface area contributed by atoms with Crippen molar-refractivity contribution in [3.8, 4) is 0 Å². The number of fused-ring (bicyclic) bond motifs is 1. The number of piperazine rings is 1. The molecule has 11 heteroatoms. The van der Waals surface area contributed by atoms with E-state index in [2.05, 4.69) is 9.97 Å². The molecule has 180 valence electrons. The summed E-state index contributed by atoms with van der Waals surface area (Å²) in [6.45, 7) is 5.92. The predicted molar refractivity (Wildman–Crippen MR) is 122 cm³/mol. The van der Waals surface area contributed by atoms with Gasteiger partial charge < -0.3 is 9.64 Å². The molecule has 2 aromatic carbocycles. The number of carbonyl (C=O) groups excluding carboxylic acids is 1. The Morgan fingerprint density at radius 2 is 1.56 bits per heavy atom. The maximum atomic E-state index is 14.1. The Balaban J connectivity index is 1.66. The van der Waals surface area contributed by atoms with E-state index in [0.29, 0.717) is 11.0 Å². The van der Waals surface area contributed by atoms with Crippen molar-refractivity contribution < 1.29 is 26.7 Å². The summed E-state index contributed by atoms with van der Waals surface area (Å²) >= 11 is 0. The van der Waals surface area contributed by atoms with Crippen molar-refractivity contribution in [2.24, 2.45) is 0 Å². The first-order valence-electron chi connectivity index (χ1n) is 10.8. The molecular weight excluding hydrogens is 466 g/mol. The maximum Gasteiger partial charge on any atom is 0.360 e. The van der Waals surface area contributed by atoms with Gasteiger partial charge in [-0.3, -0.25) is 0 Å². The Labute approximate surface area is 196 Å². The minimum atomic E-state index is -4.38. The van der Waals surface area contributed by atoms with E-state index < -0.39 is 32.5 Å². The van der Waals surface area contributed by atoms with Crippen LogP contribution in [0.3, 0.4) is 0 Å². The van der Waals surface area contributed by atoms with Crippen molar-refractivity contribution in [1.29, 1.82) is 0 Å². The fourth-order valence-corrected chi connectivity index (χ4v) is 5.39. The summed E-state index contributed by atoms with van der Waals surface area (Å²) in [4.78, 5) is 22.6. The molecule has 0 atom stereocenters. The number of hydrogen-bond acceptors (Lipinski definition) is 7. The number of hydrogen-bond donors (Lipinski definition) is 0. The molecule has 1 aliphatic heterocycles. The second kappa shape index (κ2) is 9.22. The summed E-state index contributed by atoms with van der Waals surface area (Å²) in [6, 6.07) is 6.65. The molecule has 0 N–H and O–H groups in total. The second-order valence-electron chi connectivity index (χ2n) is 7.98. The molecule has 0 aliphatic carbocycles. The van der Waals surface area contributed by atoms with Gasteiger partial charge in [0.25, 0.3) is 0 Å². The Kier molecular flexibility index (Phi) is 6.50. The van der Waals surface area contributed by atoms with Crippen LogP contribution in [0, 0.1) is 25.5 Å². The Morgan fingerprint density at radius 1 is 1.00 bits per heavy atom. The van der Waals surface area contributed by atoms with Crippen molar-refractivity contribution in [2.45, 2.75) is 25.7 Å². The van der Waals surface area contributed by atoms with Gasteiger partial charge in [0.2, 0.25) is 10.0 Å². The number of rotatable bonds is 5. The fourth-order valence-electron chi connectivity index (χ4n) is 3.86. The number of sulfonamides is 1. The van der Waals surface area contributed by atoms with Gasteiger partial charge in [0.1, 0.15) is 11.6 Å². The average Bonchev–Trinajstić information content (AvgIpc) is 2.79. The largest absolute Gasteiger partial charge is 0.461 e. The molecule has 1 saturated heterocycles. The Morgan fingerprint density at radius 3 is 2.12 bits per heavy atom. The lowest BCUT2D eigenvalue weighted by molar-refractivity contribution is 0.0520. The highest BCUT2D eigenvalue weighted by Gasteiger charge is 2.34. The van der Waals surface area contributed by atoms with Crippen LogP contribution in [-0.4, -0.2) is 61.4 Å². The van der Waals surface area contributed by atoms with Crippen LogP contribution >= 0.6 is 0 Å². The van der Waals surface area contributed by atoms with Crippen LogP contribution < -0.4 is 4.90 Å². The number of benzene rings is 2. The van der Waals surface area contributed by atoms with E-state index in [1.54, 1.807) is 11.8 Å². The molecule has 1 aliphatic rings. The van der Waals surface area contributed by atoms with E-state index in [1.165, 1.54) is 0 Å². The predicted octanol–water partition coefficient (Wildman–Crippen LogP) is 3.21. The highest BCUT2D eigenvalue weighted by Crippen LogP contribution is 2.27. The van der Waals surface area contributed by atoms with E-state index in [4.69, 9.17) is 4.74 Å². The molecule has 0 bridgehead atoms. The maximum absolute atomic E-state index is 14.1. The highest BCUT2D eigenvalue weighted by atomic mass is 32.2. The van der Waals surface area contributed by atoms with Gasteiger partial charge in [0.15, 0.2) is 16.4 Å². The van der Waals surface area contributed by atoms with Gasteiger partial charge in [0.05, 0.1) is 17.6 Å². The minimum Gasteiger partial charge on any atom is -0.461 e. The van der Waals surface area contributed by atoms with Gasteiger partial charge in [-0.15, -0.1) is 0 Å². The molecule has 0 unspecified atom stereocenters. The average molecular weight is 491 g/mol. The van der Waals surface area contributed by atoms with Crippen LogP contribution in [0.4, 0.5) is 14.6 Å². The molecule has 0 radical (unpaired) electrons. The fraction of sp³-hybridized carbons (Fsp3) is 0.348. The van der Waals surface area contributed by atoms with Crippen LogP contribution in [0.1, 0.15) is 28.5 Å². The number of halogens is 2. The summed E-state index contributed by atoms with van der Waals surface area (Å²) in [6.07, 6.45) is 0. The van der Waals surface area contributed by atoms with Crippen molar-refractivity contribution in [1.82, 2.24) is 14.3 Å². The molecular formula is C23H24F2N4O4S. The van der Waals surface area contributed by atoms with Gasteiger partial charge in [-0.25, -0.2) is 32.0 Å². The lowest BCUT2D eigenvalue weighted by Gasteiger charge is -2.35. The molecule has 8 nitrogen and oxygen atoms in total. The SMILES string of the molecule is CCOC(=O)c1nc2cc(C)c(C)cc2nc1N1CCN(S(=O)(=O)c2c(F)cccc2F)CC1. The van der Waals surface area contributed by atoms with Gasteiger partial charge in [-0.1, -0.05) is 6.07 Å². The molecule has 2 heterocycles. The zero-order chi connectivity index (χ0) is 24.6. The van der Waals surface area contributed by atoms with Crippen LogP contribution in [0.2, 0.25) is 0 Å². The van der Waals surface area contributed by atoms with Crippen LogP contribution in [0.25, 0.3) is 11.0 Å². The number of anilines is 1. The van der Waals surface area contributed by atoms with E-state index in [9.17, 15) is 22.0 Å². The number of aromatic nitrogens is 2. The molecule has 3 aromatic rings. The summed E-state index contributed by atoms with van der Waals surface area (Å²) in [5.74, 6) is -2.63. The lowest BCUT2D eigenvalue weighted by atomic mass is 10.1. The van der Waals surface area contributed by atoms with E-state index >= 15 is 0 Å². The van der Waals surface area contributed by atoms with E-state index in [1.807, 2.05) is 26.0 Å². The monoisotopic (exact) mass is 490 g/mol. The smallest absolute Gasteiger partial charge is 0.360 e. The van der Waals surface area contributed by atoms with Crippen molar-refractivity contribution in [3.63, 3.8) is 0 Å². The van der Waals surface area contributed by atoms with Crippen LogP contribution in [0.5, 0.6) is 0 Å². The molecule has 0 saturated carbocycles. The topological polar surface area (TPSA) is 92.7 Å². The molecule has 4 rings (SSSR count). The van der Waals surface area contributed by atoms with Gasteiger partial charge >= 0.3 is 5.97 Å². The molecule has 0 spiro atoms. The third kappa shape index (κ3) is 4.32. The molecule has 1 fully saturated rings. The summed E-state index contributed by atoms with van der Waals surface area (Å²) < 4.78 is 60.3. The van der Waals surface area contributed by atoms with Crippen molar-refractivity contribution in [2.75, 3.05) is 37.7 Å². The zero-order valence-electron chi connectivity index (χ0n) is 19.0. The molecule has 1 aromatic heterocycles. The second-order valence-corrected chi connectivity index (χ2v) is 9.86. The zero-order valence-corrected chi connectivity index (χ0v) is 19.8. The van der Waals surface area contributed by atoms with Gasteiger partial charge in [-0.05, 0) is 56.2 Å². The standard InChI is InChI=1S/C23H24F2N4O4S/c1-4-33-23(30)20-22(27-19-13-15(3)14(2)12-18(19)26-20)28-8-10-29(11-9-28)34(31,32)21-16(24)6-5-7-17(21)25/h5-7,12-13H,4,8-11H2,1-3H3. The first-order valence-corrected chi connectivity index (χ1v) is 12.2. The number of aryl methyl sites for hydroxylation is 2. The minimum absolute atomic E-state index is 0.0362. The van der Waals surface area contributed by atoms with Gasteiger partial charge in [-0.2, -0.15) is 4.31 Å². The quantitative estimate of drug-likeness (QED) is 0.507. The molecule has 0 amide bonds. The third-order valence-electron chi connectivity index (χ3n) is 5.79. The van der Waals surface area contributed by atoms with Crippen LogP contribution in [-0.2, 0) is 14.8 Å².